The number of hydrogen-bond donors (Lipinski definition) is 0. The molecule has 106 valence electrons. The van der Waals surface area contributed by atoms with Crippen molar-refractivity contribution < 1.29 is 9.53 Å². The van der Waals surface area contributed by atoms with Crippen molar-refractivity contribution in [3.63, 3.8) is 0 Å². The number of aryl methyl sites for hydroxylation is 2. The van der Waals surface area contributed by atoms with Crippen molar-refractivity contribution in [1.82, 2.24) is 9.38 Å². The minimum Gasteiger partial charge on any atom is -0.485 e. The molecule has 4 nitrogen and oxygen atoms in total. The van der Waals surface area contributed by atoms with Crippen molar-refractivity contribution in [3.8, 4) is 5.75 Å². The highest BCUT2D eigenvalue weighted by Gasteiger charge is 2.10. The van der Waals surface area contributed by atoms with Crippen LogP contribution in [-0.4, -0.2) is 15.7 Å². The van der Waals surface area contributed by atoms with E-state index in [0.29, 0.717) is 18.1 Å². The van der Waals surface area contributed by atoms with E-state index in [9.17, 15) is 4.79 Å². The van der Waals surface area contributed by atoms with E-state index in [4.69, 9.17) is 4.74 Å². The van der Waals surface area contributed by atoms with Gasteiger partial charge in [-0.25, -0.2) is 4.98 Å². The van der Waals surface area contributed by atoms with E-state index in [2.05, 4.69) is 11.1 Å². The number of aromatic nitrogens is 2. The zero-order chi connectivity index (χ0) is 14.8. The zero-order valence-electron chi connectivity index (χ0n) is 12.0. The van der Waals surface area contributed by atoms with Gasteiger partial charge < -0.3 is 9.14 Å². The van der Waals surface area contributed by atoms with Crippen molar-refractivity contribution >= 4 is 11.8 Å². The molecule has 0 fully saturated rings. The highest BCUT2D eigenvalue weighted by Crippen LogP contribution is 2.21. The second kappa shape index (κ2) is 5.40. The summed E-state index contributed by atoms with van der Waals surface area (Å²) < 4.78 is 7.75. The van der Waals surface area contributed by atoms with Gasteiger partial charge in [0.2, 0.25) is 0 Å². The molecule has 2 heterocycles. The second-order valence-electron chi connectivity index (χ2n) is 5.04. The van der Waals surface area contributed by atoms with Gasteiger partial charge in [-0.3, -0.25) is 4.79 Å². The lowest BCUT2D eigenvalue weighted by Crippen LogP contribution is -2.02. The molecule has 3 aromatic rings. The summed E-state index contributed by atoms with van der Waals surface area (Å²) in [4.78, 5) is 15.4. The Balaban J connectivity index is 1.92. The first-order valence-electron chi connectivity index (χ1n) is 6.80. The first-order valence-corrected chi connectivity index (χ1v) is 6.80. The Bertz CT molecular complexity index is 806. The van der Waals surface area contributed by atoms with Gasteiger partial charge in [0.05, 0.1) is 5.52 Å². The molecule has 0 N–H and O–H groups in total. The summed E-state index contributed by atoms with van der Waals surface area (Å²) in [7, 11) is 0. The van der Waals surface area contributed by atoms with Crippen LogP contribution in [0, 0.1) is 13.8 Å². The van der Waals surface area contributed by atoms with Crippen molar-refractivity contribution in [1.29, 1.82) is 0 Å². The fraction of sp³-hybridized carbons (Fsp3) is 0.176. The third-order valence-corrected chi connectivity index (χ3v) is 3.46. The predicted molar refractivity (Wildman–Crippen MR) is 80.8 cm³/mol. The van der Waals surface area contributed by atoms with E-state index in [1.54, 1.807) is 0 Å². The van der Waals surface area contributed by atoms with Crippen LogP contribution in [0.4, 0.5) is 0 Å². The standard InChI is InChI=1S/C17H16N2O2/c1-12-6-7-13(2)16(9-12)21-11-17-18-14(10-20)15-5-3-4-8-19(15)17/h3-10H,11H2,1-2H3. The molecule has 0 saturated carbocycles. The Hall–Kier alpha value is -2.62. The van der Waals surface area contributed by atoms with Crippen LogP contribution in [0.5, 0.6) is 5.75 Å². The maximum absolute atomic E-state index is 11.1. The molecule has 0 saturated heterocycles. The minimum absolute atomic E-state index is 0.323. The number of hydrogen-bond acceptors (Lipinski definition) is 3. The Morgan fingerprint density at radius 2 is 2.10 bits per heavy atom. The van der Waals surface area contributed by atoms with Gasteiger partial charge in [0, 0.05) is 6.20 Å². The lowest BCUT2D eigenvalue weighted by molar-refractivity contribution is 0.112. The van der Waals surface area contributed by atoms with E-state index in [-0.39, 0.29) is 0 Å². The third-order valence-electron chi connectivity index (χ3n) is 3.46. The van der Waals surface area contributed by atoms with E-state index in [0.717, 1.165) is 28.7 Å². The van der Waals surface area contributed by atoms with Crippen molar-refractivity contribution in [2.45, 2.75) is 20.5 Å². The highest BCUT2D eigenvalue weighted by molar-refractivity contribution is 5.83. The maximum atomic E-state index is 11.1. The normalized spacial score (nSPS) is 10.8. The monoisotopic (exact) mass is 280 g/mol. The van der Waals surface area contributed by atoms with Gasteiger partial charge in [-0.2, -0.15) is 0 Å². The average Bonchev–Trinajstić information content (AvgIpc) is 2.86. The minimum atomic E-state index is 0.323. The van der Waals surface area contributed by atoms with E-state index in [1.165, 1.54) is 0 Å². The Labute approximate surface area is 123 Å². The topological polar surface area (TPSA) is 43.6 Å². The van der Waals surface area contributed by atoms with Gasteiger partial charge in [-0.1, -0.05) is 18.2 Å². The molecule has 0 unspecified atom stereocenters. The second-order valence-corrected chi connectivity index (χ2v) is 5.04. The van der Waals surface area contributed by atoms with Crippen LogP contribution in [-0.2, 0) is 6.61 Å². The maximum Gasteiger partial charge on any atom is 0.170 e. The third kappa shape index (κ3) is 2.52. The summed E-state index contributed by atoms with van der Waals surface area (Å²) in [6, 6.07) is 11.8. The number of rotatable bonds is 4. The van der Waals surface area contributed by atoms with Gasteiger partial charge in [-0.15, -0.1) is 0 Å². The lowest BCUT2D eigenvalue weighted by atomic mass is 10.1. The smallest absolute Gasteiger partial charge is 0.170 e. The quantitative estimate of drug-likeness (QED) is 0.688. The number of aldehydes is 1. The first kappa shape index (κ1) is 13.4. The number of carbonyl (C=O) groups excluding carboxylic acids is 1. The molecule has 0 radical (unpaired) electrons. The molecule has 4 heteroatoms. The molecule has 0 aliphatic heterocycles. The fourth-order valence-electron chi connectivity index (χ4n) is 2.32. The molecule has 2 aromatic heterocycles. The van der Waals surface area contributed by atoms with Gasteiger partial charge in [0.25, 0.3) is 0 Å². The van der Waals surface area contributed by atoms with Gasteiger partial charge in [-0.05, 0) is 43.2 Å². The summed E-state index contributed by atoms with van der Waals surface area (Å²) in [5.41, 5.74) is 3.47. The van der Waals surface area contributed by atoms with Crippen LogP contribution in [0.1, 0.15) is 27.4 Å². The van der Waals surface area contributed by atoms with Crippen LogP contribution >= 0.6 is 0 Å². The zero-order valence-corrected chi connectivity index (χ0v) is 12.0. The summed E-state index contributed by atoms with van der Waals surface area (Å²) in [5.74, 6) is 1.56. The molecule has 21 heavy (non-hydrogen) atoms. The number of benzene rings is 1. The van der Waals surface area contributed by atoms with Crippen LogP contribution < -0.4 is 4.74 Å². The average molecular weight is 280 g/mol. The summed E-state index contributed by atoms with van der Waals surface area (Å²) >= 11 is 0. The van der Waals surface area contributed by atoms with Crippen LogP contribution in [0.2, 0.25) is 0 Å². The summed E-state index contributed by atoms with van der Waals surface area (Å²) in [6.45, 7) is 4.36. The molecule has 0 spiro atoms. The number of carbonyl (C=O) groups is 1. The molecule has 3 rings (SSSR count). The summed E-state index contributed by atoms with van der Waals surface area (Å²) in [6.07, 6.45) is 2.66. The number of imidazole rings is 1. The van der Waals surface area contributed by atoms with E-state index in [1.807, 2.05) is 54.8 Å². The molecule has 0 aliphatic carbocycles. The van der Waals surface area contributed by atoms with Crippen molar-refractivity contribution in [3.05, 3.63) is 65.2 Å². The number of fused-ring (bicyclic) bond motifs is 1. The van der Waals surface area contributed by atoms with Gasteiger partial charge in [0.1, 0.15) is 18.1 Å². The molecule has 0 amide bonds. The highest BCUT2D eigenvalue weighted by atomic mass is 16.5. The van der Waals surface area contributed by atoms with Gasteiger partial charge >= 0.3 is 0 Å². The Morgan fingerprint density at radius 1 is 1.24 bits per heavy atom. The Morgan fingerprint density at radius 3 is 2.90 bits per heavy atom. The van der Waals surface area contributed by atoms with E-state index < -0.39 is 0 Å². The fourth-order valence-corrected chi connectivity index (χ4v) is 2.32. The first-order chi connectivity index (χ1) is 10.2. The molecule has 0 aliphatic rings. The summed E-state index contributed by atoms with van der Waals surface area (Å²) in [5, 5.41) is 0. The van der Waals surface area contributed by atoms with Crippen LogP contribution in [0.3, 0.4) is 0 Å². The molecule has 0 bridgehead atoms. The van der Waals surface area contributed by atoms with E-state index >= 15 is 0 Å². The van der Waals surface area contributed by atoms with Crippen LogP contribution in [0.15, 0.2) is 42.6 Å². The largest absolute Gasteiger partial charge is 0.485 e. The number of nitrogens with zero attached hydrogens (tertiary/aromatic N) is 2. The molecule has 0 atom stereocenters. The molecular formula is C17H16N2O2. The molecule has 1 aromatic carbocycles. The molecular weight excluding hydrogens is 264 g/mol. The predicted octanol–water partition coefficient (Wildman–Crippen LogP) is 3.34. The van der Waals surface area contributed by atoms with Crippen molar-refractivity contribution in [2.24, 2.45) is 0 Å². The van der Waals surface area contributed by atoms with Crippen LogP contribution in [0.25, 0.3) is 5.52 Å². The number of ether oxygens (including phenoxy) is 1. The lowest BCUT2D eigenvalue weighted by Gasteiger charge is -2.09. The SMILES string of the molecule is Cc1ccc(C)c(OCc2nc(C=O)c3ccccn23)c1. The Kier molecular flexibility index (Phi) is 3.44. The van der Waals surface area contributed by atoms with Gasteiger partial charge in [0.15, 0.2) is 12.1 Å². The number of pyridine rings is 1. The van der Waals surface area contributed by atoms with Crippen molar-refractivity contribution in [2.75, 3.05) is 0 Å².